The maximum absolute atomic E-state index is 11.3. The Morgan fingerprint density at radius 2 is 2.50 bits per heavy atom. The Hall–Kier alpha value is -0.550. The Kier molecular flexibility index (Phi) is 4.41. The van der Waals surface area contributed by atoms with E-state index in [4.69, 9.17) is 0 Å². The minimum absolute atomic E-state index is 0.00100. The van der Waals surface area contributed by atoms with Crippen LogP contribution in [0.15, 0.2) is 5.38 Å². The van der Waals surface area contributed by atoms with Gasteiger partial charge in [0.1, 0.15) is 5.01 Å². The van der Waals surface area contributed by atoms with Gasteiger partial charge < -0.3 is 5.32 Å². The van der Waals surface area contributed by atoms with Crippen molar-refractivity contribution < 1.29 is 4.79 Å². The van der Waals surface area contributed by atoms with E-state index in [-0.39, 0.29) is 11.9 Å². The van der Waals surface area contributed by atoms with Crippen LogP contribution in [0.5, 0.6) is 0 Å². The van der Waals surface area contributed by atoms with Crippen molar-refractivity contribution >= 4 is 29.9 Å². The first kappa shape index (κ1) is 11.5. The van der Waals surface area contributed by atoms with Gasteiger partial charge in [0.15, 0.2) is 0 Å². The van der Waals surface area contributed by atoms with Gasteiger partial charge in [0.25, 0.3) is 0 Å². The van der Waals surface area contributed by atoms with Crippen molar-refractivity contribution in [2.75, 3.05) is 5.75 Å². The molecule has 0 radical (unpaired) electrons. The first-order valence-corrected chi connectivity index (χ1v) is 5.97. The quantitative estimate of drug-likeness (QED) is 0.776. The Balaban J connectivity index is 2.50. The third-order valence-corrected chi connectivity index (χ3v) is 3.09. The molecule has 1 N–H and O–H groups in total. The number of thiazole rings is 1. The summed E-state index contributed by atoms with van der Waals surface area (Å²) >= 11 is 5.57. The molecule has 78 valence electrons. The zero-order chi connectivity index (χ0) is 10.6. The van der Waals surface area contributed by atoms with E-state index in [0.29, 0.717) is 12.2 Å². The Bertz CT molecular complexity index is 312. The minimum Gasteiger partial charge on any atom is -0.347 e. The molecule has 0 aliphatic rings. The molecule has 1 heterocycles. The largest absolute Gasteiger partial charge is 0.347 e. The number of thiol groups is 1. The highest BCUT2D eigenvalue weighted by atomic mass is 32.1. The molecular formula is C9H14N2OS2. The smallest absolute Gasteiger partial charge is 0.221 e. The number of nitrogens with one attached hydrogen (secondary N) is 1. The van der Waals surface area contributed by atoms with Gasteiger partial charge in [-0.3, -0.25) is 4.79 Å². The summed E-state index contributed by atoms with van der Waals surface area (Å²) in [5, 5.41) is 5.81. The fourth-order valence-electron chi connectivity index (χ4n) is 1.05. The molecular weight excluding hydrogens is 216 g/mol. The Labute approximate surface area is 93.3 Å². The fraction of sp³-hybridized carbons (Fsp3) is 0.556. The Morgan fingerprint density at radius 1 is 1.79 bits per heavy atom. The van der Waals surface area contributed by atoms with Crippen LogP contribution in [0, 0.1) is 6.92 Å². The second kappa shape index (κ2) is 5.36. The zero-order valence-electron chi connectivity index (χ0n) is 8.28. The minimum atomic E-state index is 0.00100. The lowest BCUT2D eigenvalue weighted by Crippen LogP contribution is -2.26. The number of nitrogens with zero attached hydrogens (tertiary/aromatic N) is 1. The molecule has 0 fully saturated rings. The highest BCUT2D eigenvalue weighted by molar-refractivity contribution is 7.80. The van der Waals surface area contributed by atoms with Crippen LogP contribution in [0.3, 0.4) is 0 Å². The van der Waals surface area contributed by atoms with Gasteiger partial charge in [-0.15, -0.1) is 11.3 Å². The van der Waals surface area contributed by atoms with Crippen molar-refractivity contribution in [2.24, 2.45) is 0 Å². The molecule has 1 aromatic rings. The van der Waals surface area contributed by atoms with E-state index in [9.17, 15) is 4.79 Å². The number of amides is 1. The van der Waals surface area contributed by atoms with Crippen LogP contribution in [-0.2, 0) is 4.79 Å². The van der Waals surface area contributed by atoms with Crippen LogP contribution >= 0.6 is 24.0 Å². The number of hydrogen-bond donors (Lipinski definition) is 2. The van der Waals surface area contributed by atoms with Crippen molar-refractivity contribution in [3.8, 4) is 0 Å². The Morgan fingerprint density at radius 3 is 3.00 bits per heavy atom. The van der Waals surface area contributed by atoms with Gasteiger partial charge in [0.05, 0.1) is 6.04 Å². The zero-order valence-corrected chi connectivity index (χ0v) is 9.99. The van der Waals surface area contributed by atoms with Crippen LogP contribution in [0.1, 0.15) is 30.1 Å². The summed E-state index contributed by atoms with van der Waals surface area (Å²) in [4.78, 5) is 15.6. The summed E-state index contributed by atoms with van der Waals surface area (Å²) in [6.45, 7) is 3.89. The van der Waals surface area contributed by atoms with Crippen molar-refractivity contribution in [3.05, 3.63) is 16.1 Å². The average molecular weight is 230 g/mol. The fourth-order valence-corrected chi connectivity index (χ4v) is 2.05. The maximum Gasteiger partial charge on any atom is 0.221 e. The number of aromatic nitrogens is 1. The summed E-state index contributed by atoms with van der Waals surface area (Å²) in [7, 11) is 0. The monoisotopic (exact) mass is 230 g/mol. The summed E-state index contributed by atoms with van der Waals surface area (Å²) in [5.41, 5.74) is 1.00. The highest BCUT2D eigenvalue weighted by Crippen LogP contribution is 2.17. The lowest BCUT2D eigenvalue weighted by Gasteiger charge is -2.10. The molecule has 3 nitrogen and oxygen atoms in total. The van der Waals surface area contributed by atoms with E-state index in [1.807, 2.05) is 19.2 Å². The topological polar surface area (TPSA) is 42.0 Å². The highest BCUT2D eigenvalue weighted by Gasteiger charge is 2.11. The standard InChI is InChI=1S/C9H14N2OS2/c1-6-5-14-9(10-6)7(2)11-8(12)3-4-13/h5,7,13H,3-4H2,1-2H3,(H,11,12). The van der Waals surface area contributed by atoms with Gasteiger partial charge >= 0.3 is 0 Å². The van der Waals surface area contributed by atoms with Crippen molar-refractivity contribution in [1.29, 1.82) is 0 Å². The van der Waals surface area contributed by atoms with Gasteiger partial charge in [-0.25, -0.2) is 4.98 Å². The lowest BCUT2D eigenvalue weighted by atomic mass is 10.3. The maximum atomic E-state index is 11.3. The molecule has 0 aromatic carbocycles. The molecule has 5 heteroatoms. The van der Waals surface area contributed by atoms with Crippen molar-refractivity contribution in [3.63, 3.8) is 0 Å². The second-order valence-corrected chi connectivity index (χ2v) is 4.43. The van der Waals surface area contributed by atoms with Gasteiger partial charge in [0.2, 0.25) is 5.91 Å². The summed E-state index contributed by atoms with van der Waals surface area (Å²) in [5.74, 6) is 0.607. The van der Waals surface area contributed by atoms with E-state index >= 15 is 0 Å². The van der Waals surface area contributed by atoms with Gasteiger partial charge in [-0.1, -0.05) is 0 Å². The molecule has 14 heavy (non-hydrogen) atoms. The second-order valence-electron chi connectivity index (χ2n) is 3.09. The SMILES string of the molecule is Cc1csc(C(C)NC(=O)CCS)n1. The lowest BCUT2D eigenvalue weighted by molar-refractivity contribution is -0.121. The molecule has 0 aliphatic heterocycles. The third kappa shape index (κ3) is 3.31. The molecule has 1 aromatic heterocycles. The first-order chi connectivity index (χ1) is 6.63. The predicted octanol–water partition coefficient (Wildman–Crippen LogP) is 1.95. The summed E-state index contributed by atoms with van der Waals surface area (Å²) in [6, 6.07) is 0.00100. The molecule has 0 bridgehead atoms. The average Bonchev–Trinajstić information content (AvgIpc) is 2.52. The predicted molar refractivity (Wildman–Crippen MR) is 61.9 cm³/mol. The number of carbonyl (C=O) groups is 1. The number of rotatable bonds is 4. The van der Waals surface area contributed by atoms with Crippen LogP contribution in [0.25, 0.3) is 0 Å². The molecule has 1 rings (SSSR count). The van der Waals surface area contributed by atoms with E-state index in [0.717, 1.165) is 10.7 Å². The molecule has 0 saturated carbocycles. The molecule has 1 unspecified atom stereocenters. The van der Waals surface area contributed by atoms with E-state index in [1.165, 1.54) is 0 Å². The van der Waals surface area contributed by atoms with Gasteiger partial charge in [0, 0.05) is 17.5 Å². The number of carbonyl (C=O) groups excluding carboxylic acids is 1. The van der Waals surface area contributed by atoms with Crippen LogP contribution in [0.2, 0.25) is 0 Å². The molecule has 1 atom stereocenters. The van der Waals surface area contributed by atoms with Crippen molar-refractivity contribution in [1.82, 2.24) is 10.3 Å². The van der Waals surface area contributed by atoms with Gasteiger partial charge in [-0.05, 0) is 19.6 Å². The molecule has 0 aliphatic carbocycles. The number of aryl methyl sites for hydroxylation is 1. The van der Waals surface area contributed by atoms with Crippen LogP contribution in [-0.4, -0.2) is 16.6 Å². The first-order valence-electron chi connectivity index (χ1n) is 4.45. The third-order valence-electron chi connectivity index (χ3n) is 1.72. The summed E-state index contributed by atoms with van der Waals surface area (Å²) in [6.07, 6.45) is 0.456. The number of hydrogen-bond acceptors (Lipinski definition) is 4. The van der Waals surface area contributed by atoms with E-state index in [2.05, 4.69) is 22.9 Å². The van der Waals surface area contributed by atoms with E-state index in [1.54, 1.807) is 11.3 Å². The summed E-state index contributed by atoms with van der Waals surface area (Å²) < 4.78 is 0. The molecule has 0 spiro atoms. The van der Waals surface area contributed by atoms with Crippen molar-refractivity contribution in [2.45, 2.75) is 26.3 Å². The molecule has 1 amide bonds. The van der Waals surface area contributed by atoms with Gasteiger partial charge in [-0.2, -0.15) is 12.6 Å². The normalized spacial score (nSPS) is 12.5. The van der Waals surface area contributed by atoms with Crippen LogP contribution < -0.4 is 5.32 Å². The molecule has 0 saturated heterocycles. The van der Waals surface area contributed by atoms with E-state index < -0.39 is 0 Å². The van der Waals surface area contributed by atoms with Crippen LogP contribution in [0.4, 0.5) is 0 Å².